The standard InChI is InChI=1S/C13H16F2N2O3S/c1-17(12-2-3-21(19,20)8-12)13(18)7-16-11-5-9(14)4-10(15)6-11/h4-6,12,16H,2-3,7-8H2,1H3/t12-/m0/s1. The van der Waals surface area contributed by atoms with Crippen molar-refractivity contribution in [2.75, 3.05) is 30.4 Å². The number of sulfone groups is 1. The highest BCUT2D eigenvalue weighted by Crippen LogP contribution is 2.17. The van der Waals surface area contributed by atoms with Gasteiger partial charge < -0.3 is 10.2 Å². The molecule has 1 aliphatic heterocycles. The van der Waals surface area contributed by atoms with Crippen LogP contribution in [0.2, 0.25) is 0 Å². The van der Waals surface area contributed by atoms with Crippen molar-refractivity contribution in [2.24, 2.45) is 0 Å². The van der Waals surface area contributed by atoms with Gasteiger partial charge in [0, 0.05) is 24.8 Å². The number of likely N-dealkylation sites (N-methyl/N-ethyl adjacent to an activating group) is 1. The van der Waals surface area contributed by atoms with Crippen LogP contribution < -0.4 is 5.32 Å². The summed E-state index contributed by atoms with van der Waals surface area (Å²) in [5, 5.41) is 2.63. The van der Waals surface area contributed by atoms with Gasteiger partial charge in [-0.1, -0.05) is 0 Å². The van der Waals surface area contributed by atoms with E-state index >= 15 is 0 Å². The molecule has 0 unspecified atom stereocenters. The second kappa shape index (κ2) is 5.97. The second-order valence-electron chi connectivity index (χ2n) is 5.07. The molecule has 1 atom stereocenters. The van der Waals surface area contributed by atoms with Gasteiger partial charge >= 0.3 is 0 Å². The Morgan fingerprint density at radius 2 is 1.95 bits per heavy atom. The van der Waals surface area contributed by atoms with Gasteiger partial charge in [0.1, 0.15) is 11.6 Å². The van der Waals surface area contributed by atoms with E-state index in [-0.39, 0.29) is 35.7 Å². The number of carbonyl (C=O) groups excluding carboxylic acids is 1. The van der Waals surface area contributed by atoms with Crippen LogP contribution in [0.4, 0.5) is 14.5 Å². The highest BCUT2D eigenvalue weighted by Gasteiger charge is 2.32. The zero-order valence-electron chi connectivity index (χ0n) is 11.5. The second-order valence-corrected chi connectivity index (χ2v) is 7.30. The highest BCUT2D eigenvalue weighted by atomic mass is 32.2. The lowest BCUT2D eigenvalue weighted by Gasteiger charge is -2.23. The first-order valence-electron chi connectivity index (χ1n) is 6.43. The molecule has 1 aromatic carbocycles. The van der Waals surface area contributed by atoms with Gasteiger partial charge in [-0.2, -0.15) is 0 Å². The van der Waals surface area contributed by atoms with Gasteiger partial charge in [0.25, 0.3) is 0 Å². The third-order valence-corrected chi connectivity index (χ3v) is 5.21. The number of hydrogen-bond donors (Lipinski definition) is 1. The fourth-order valence-electron chi connectivity index (χ4n) is 2.24. The molecule has 1 fully saturated rings. The third-order valence-electron chi connectivity index (χ3n) is 3.46. The van der Waals surface area contributed by atoms with Crippen molar-refractivity contribution in [3.05, 3.63) is 29.8 Å². The molecule has 0 bridgehead atoms. The Bertz CT molecular complexity index is 629. The number of hydrogen-bond acceptors (Lipinski definition) is 4. The van der Waals surface area contributed by atoms with E-state index in [1.807, 2.05) is 0 Å². The van der Waals surface area contributed by atoms with Gasteiger partial charge in [-0.05, 0) is 18.6 Å². The first-order chi connectivity index (χ1) is 9.77. The average molecular weight is 318 g/mol. The predicted molar refractivity (Wildman–Crippen MR) is 74.7 cm³/mol. The van der Waals surface area contributed by atoms with E-state index in [2.05, 4.69) is 5.32 Å². The minimum absolute atomic E-state index is 0.0379. The van der Waals surface area contributed by atoms with Crippen LogP contribution in [0, 0.1) is 11.6 Å². The molecule has 1 N–H and O–H groups in total. The van der Waals surface area contributed by atoms with Crippen molar-refractivity contribution >= 4 is 21.4 Å². The van der Waals surface area contributed by atoms with Crippen LogP contribution in [-0.4, -0.2) is 50.4 Å². The van der Waals surface area contributed by atoms with E-state index in [1.165, 1.54) is 11.9 Å². The first-order valence-corrected chi connectivity index (χ1v) is 8.25. The molecule has 0 saturated carbocycles. The Kier molecular flexibility index (Phi) is 4.46. The lowest BCUT2D eigenvalue weighted by molar-refractivity contribution is -0.129. The molecule has 1 aromatic rings. The van der Waals surface area contributed by atoms with Crippen molar-refractivity contribution in [3.63, 3.8) is 0 Å². The smallest absolute Gasteiger partial charge is 0.241 e. The maximum absolute atomic E-state index is 13.0. The molecule has 5 nitrogen and oxygen atoms in total. The number of anilines is 1. The van der Waals surface area contributed by atoms with Gasteiger partial charge in [0.2, 0.25) is 5.91 Å². The molecule has 116 valence electrons. The van der Waals surface area contributed by atoms with E-state index in [9.17, 15) is 22.0 Å². The van der Waals surface area contributed by atoms with E-state index in [0.717, 1.165) is 18.2 Å². The summed E-state index contributed by atoms with van der Waals surface area (Å²) < 4.78 is 48.8. The summed E-state index contributed by atoms with van der Waals surface area (Å²) >= 11 is 0. The van der Waals surface area contributed by atoms with Gasteiger partial charge in [-0.3, -0.25) is 4.79 Å². The Balaban J connectivity index is 1.92. The summed E-state index contributed by atoms with van der Waals surface area (Å²) in [7, 11) is -1.54. The summed E-state index contributed by atoms with van der Waals surface area (Å²) in [5.74, 6) is -1.76. The summed E-state index contributed by atoms with van der Waals surface area (Å²) in [6.07, 6.45) is 0.416. The van der Waals surface area contributed by atoms with Crippen molar-refractivity contribution in [1.29, 1.82) is 0 Å². The minimum Gasteiger partial charge on any atom is -0.376 e. The molecule has 1 saturated heterocycles. The lowest BCUT2D eigenvalue weighted by Crippen LogP contribution is -2.40. The maximum Gasteiger partial charge on any atom is 0.241 e. The molecule has 1 heterocycles. The van der Waals surface area contributed by atoms with Gasteiger partial charge in [0.15, 0.2) is 9.84 Å². The van der Waals surface area contributed by atoms with Crippen LogP contribution in [0.25, 0.3) is 0 Å². The Morgan fingerprint density at radius 3 is 2.48 bits per heavy atom. The molecule has 1 aliphatic rings. The van der Waals surface area contributed by atoms with Gasteiger partial charge in [0.05, 0.1) is 18.1 Å². The summed E-state index contributed by atoms with van der Waals surface area (Å²) in [4.78, 5) is 13.3. The van der Waals surface area contributed by atoms with Crippen molar-refractivity contribution in [3.8, 4) is 0 Å². The molecule has 2 rings (SSSR count). The van der Waals surface area contributed by atoms with Crippen LogP contribution in [0.15, 0.2) is 18.2 Å². The Morgan fingerprint density at radius 1 is 1.33 bits per heavy atom. The molecular weight excluding hydrogens is 302 g/mol. The van der Waals surface area contributed by atoms with Crippen LogP contribution >= 0.6 is 0 Å². The van der Waals surface area contributed by atoms with E-state index in [4.69, 9.17) is 0 Å². The number of nitrogens with zero attached hydrogens (tertiary/aromatic N) is 1. The normalized spacial score (nSPS) is 20.2. The first kappa shape index (κ1) is 15.7. The van der Waals surface area contributed by atoms with Crippen molar-refractivity contribution < 1.29 is 22.0 Å². The van der Waals surface area contributed by atoms with Crippen LogP contribution in [0.5, 0.6) is 0 Å². The number of amides is 1. The zero-order valence-corrected chi connectivity index (χ0v) is 12.3. The molecule has 1 amide bonds. The molecular formula is C13H16F2N2O3S. The largest absolute Gasteiger partial charge is 0.376 e. The van der Waals surface area contributed by atoms with Crippen molar-refractivity contribution in [2.45, 2.75) is 12.5 Å². The Hall–Kier alpha value is -1.70. The number of carbonyl (C=O) groups is 1. The van der Waals surface area contributed by atoms with Crippen LogP contribution in [-0.2, 0) is 14.6 Å². The monoisotopic (exact) mass is 318 g/mol. The number of benzene rings is 1. The molecule has 0 aliphatic carbocycles. The fourth-order valence-corrected chi connectivity index (χ4v) is 4.02. The van der Waals surface area contributed by atoms with Gasteiger partial charge in [-0.15, -0.1) is 0 Å². The lowest BCUT2D eigenvalue weighted by atomic mass is 10.2. The predicted octanol–water partition coefficient (Wildman–Crippen LogP) is 1.02. The van der Waals surface area contributed by atoms with Crippen LogP contribution in [0.3, 0.4) is 0 Å². The van der Waals surface area contributed by atoms with E-state index < -0.39 is 21.5 Å². The SMILES string of the molecule is CN(C(=O)CNc1cc(F)cc(F)c1)[C@H]1CCS(=O)(=O)C1. The summed E-state index contributed by atoms with van der Waals surface area (Å²) in [6, 6.07) is 2.56. The Labute approximate surface area is 121 Å². The summed E-state index contributed by atoms with van der Waals surface area (Å²) in [5.41, 5.74) is 0.160. The third kappa shape index (κ3) is 4.13. The quantitative estimate of drug-likeness (QED) is 0.900. The summed E-state index contributed by atoms with van der Waals surface area (Å²) in [6.45, 7) is -0.157. The van der Waals surface area contributed by atoms with Crippen LogP contribution in [0.1, 0.15) is 6.42 Å². The van der Waals surface area contributed by atoms with Crippen molar-refractivity contribution in [1.82, 2.24) is 4.90 Å². The fraction of sp³-hybridized carbons (Fsp3) is 0.462. The topological polar surface area (TPSA) is 66.5 Å². The molecule has 8 heteroatoms. The average Bonchev–Trinajstić information content (AvgIpc) is 2.74. The van der Waals surface area contributed by atoms with E-state index in [0.29, 0.717) is 6.42 Å². The number of rotatable bonds is 4. The molecule has 0 radical (unpaired) electrons. The maximum atomic E-state index is 13.0. The molecule has 0 spiro atoms. The van der Waals surface area contributed by atoms with E-state index in [1.54, 1.807) is 0 Å². The number of halogens is 2. The highest BCUT2D eigenvalue weighted by molar-refractivity contribution is 7.91. The number of nitrogens with one attached hydrogen (secondary N) is 1. The molecule has 21 heavy (non-hydrogen) atoms. The molecule has 0 aromatic heterocycles. The zero-order chi connectivity index (χ0) is 15.6. The minimum atomic E-state index is -3.07. The van der Waals surface area contributed by atoms with Gasteiger partial charge in [-0.25, -0.2) is 17.2 Å².